The van der Waals surface area contributed by atoms with Gasteiger partial charge < -0.3 is 10.2 Å². The van der Waals surface area contributed by atoms with Gasteiger partial charge in [-0.25, -0.2) is 0 Å². The highest BCUT2D eigenvalue weighted by atomic mass is 16.2. The number of rotatable bonds is 5. The van der Waals surface area contributed by atoms with E-state index in [0.717, 1.165) is 45.3 Å². The molecule has 0 radical (unpaired) electrons. The van der Waals surface area contributed by atoms with Crippen LogP contribution in [0.2, 0.25) is 0 Å². The molecule has 1 atom stereocenters. The molecule has 21 heavy (non-hydrogen) atoms. The fraction of sp³-hybridized carbons (Fsp3) is 0.611. The van der Waals surface area contributed by atoms with Crippen molar-refractivity contribution in [3.05, 3.63) is 35.9 Å². The molecular weight excluding hydrogens is 260 g/mol. The van der Waals surface area contributed by atoms with Crippen LogP contribution in [-0.2, 0) is 10.2 Å². The summed E-state index contributed by atoms with van der Waals surface area (Å²) in [7, 11) is 0. The molecular formula is C18H26N2O. The van der Waals surface area contributed by atoms with E-state index in [0.29, 0.717) is 11.9 Å². The van der Waals surface area contributed by atoms with Crippen molar-refractivity contribution in [3.8, 4) is 0 Å². The highest BCUT2D eigenvalue weighted by Crippen LogP contribution is 2.50. The third-order valence-corrected chi connectivity index (χ3v) is 4.92. The predicted molar refractivity (Wildman–Crippen MR) is 85.2 cm³/mol. The number of carbonyl (C=O) groups excluding carboxylic acids is 1. The average Bonchev–Trinajstić information content (AvgIpc) is 3.35. The van der Waals surface area contributed by atoms with Crippen LogP contribution in [-0.4, -0.2) is 36.5 Å². The summed E-state index contributed by atoms with van der Waals surface area (Å²) in [5.41, 5.74) is 0.994. The van der Waals surface area contributed by atoms with Gasteiger partial charge in [0.25, 0.3) is 0 Å². The normalized spacial score (nSPS) is 23.6. The van der Waals surface area contributed by atoms with Gasteiger partial charge in [-0.15, -0.1) is 0 Å². The first kappa shape index (κ1) is 14.6. The molecule has 0 bridgehead atoms. The molecule has 3 nitrogen and oxygen atoms in total. The fourth-order valence-corrected chi connectivity index (χ4v) is 3.57. The molecule has 1 amide bonds. The quantitative estimate of drug-likeness (QED) is 0.902. The molecule has 1 unspecified atom stereocenters. The van der Waals surface area contributed by atoms with Gasteiger partial charge in [0, 0.05) is 19.1 Å². The first-order chi connectivity index (χ1) is 10.3. The second-order valence-corrected chi connectivity index (χ2v) is 6.45. The Morgan fingerprint density at radius 2 is 2.10 bits per heavy atom. The Bertz CT molecular complexity index is 475. The molecule has 1 aliphatic carbocycles. The third kappa shape index (κ3) is 2.84. The van der Waals surface area contributed by atoms with Gasteiger partial charge in [-0.3, -0.25) is 4.79 Å². The lowest BCUT2D eigenvalue weighted by Crippen LogP contribution is -2.52. The van der Waals surface area contributed by atoms with E-state index in [1.54, 1.807) is 0 Å². The molecule has 3 rings (SSSR count). The fourth-order valence-electron chi connectivity index (χ4n) is 3.57. The molecule has 114 valence electrons. The van der Waals surface area contributed by atoms with Crippen LogP contribution < -0.4 is 5.32 Å². The zero-order valence-electron chi connectivity index (χ0n) is 13.0. The first-order valence-electron chi connectivity index (χ1n) is 8.35. The lowest BCUT2D eigenvalue weighted by molar-refractivity contribution is -0.136. The lowest BCUT2D eigenvalue weighted by atomic mass is 9.92. The number of hydrogen-bond donors (Lipinski definition) is 1. The highest BCUT2D eigenvalue weighted by Gasteiger charge is 2.53. The molecule has 1 saturated carbocycles. The van der Waals surface area contributed by atoms with Gasteiger partial charge in [-0.1, -0.05) is 37.3 Å². The van der Waals surface area contributed by atoms with Crippen LogP contribution in [0, 0.1) is 0 Å². The first-order valence-corrected chi connectivity index (χ1v) is 8.35. The predicted octanol–water partition coefficient (Wildman–Crippen LogP) is 2.71. The Kier molecular flexibility index (Phi) is 4.29. The van der Waals surface area contributed by atoms with E-state index in [1.807, 2.05) is 6.07 Å². The number of nitrogens with zero attached hydrogens (tertiary/aromatic N) is 1. The van der Waals surface area contributed by atoms with Gasteiger partial charge in [0.05, 0.1) is 5.41 Å². The van der Waals surface area contributed by atoms with Crippen molar-refractivity contribution >= 4 is 5.91 Å². The van der Waals surface area contributed by atoms with Gasteiger partial charge in [0.1, 0.15) is 0 Å². The van der Waals surface area contributed by atoms with Crippen molar-refractivity contribution in [1.29, 1.82) is 0 Å². The average molecular weight is 286 g/mol. The largest absolute Gasteiger partial charge is 0.338 e. The summed E-state index contributed by atoms with van der Waals surface area (Å²) in [6, 6.07) is 10.7. The van der Waals surface area contributed by atoms with Crippen LogP contribution in [0.4, 0.5) is 0 Å². The Morgan fingerprint density at radius 3 is 2.67 bits per heavy atom. The smallest absolute Gasteiger partial charge is 0.233 e. The van der Waals surface area contributed by atoms with Crippen LogP contribution in [0.15, 0.2) is 30.3 Å². The van der Waals surface area contributed by atoms with Crippen LogP contribution in [0.1, 0.15) is 44.6 Å². The summed E-state index contributed by atoms with van der Waals surface area (Å²) in [6.45, 7) is 5.10. The molecule has 0 aromatic heterocycles. The summed E-state index contributed by atoms with van der Waals surface area (Å²) >= 11 is 0. The minimum absolute atomic E-state index is 0.214. The standard InChI is InChI=1S/C18H26N2O/c1-2-13-20(16-9-6-12-19-14-16)17(21)18(10-11-18)15-7-4-3-5-8-15/h3-5,7-8,16,19H,2,6,9-14H2,1H3. The Balaban J connectivity index is 1.80. The molecule has 1 N–H and O–H groups in total. The lowest BCUT2D eigenvalue weighted by Gasteiger charge is -2.37. The van der Waals surface area contributed by atoms with E-state index in [1.165, 1.54) is 12.0 Å². The Morgan fingerprint density at radius 1 is 1.33 bits per heavy atom. The minimum atomic E-state index is -0.214. The number of amides is 1. The molecule has 1 aliphatic heterocycles. The second kappa shape index (κ2) is 6.18. The zero-order chi connectivity index (χ0) is 14.7. The van der Waals surface area contributed by atoms with Crippen molar-refractivity contribution < 1.29 is 4.79 Å². The number of benzene rings is 1. The number of hydrogen-bond acceptors (Lipinski definition) is 2. The van der Waals surface area contributed by atoms with Crippen molar-refractivity contribution in [1.82, 2.24) is 10.2 Å². The van der Waals surface area contributed by atoms with E-state index >= 15 is 0 Å². The van der Waals surface area contributed by atoms with Gasteiger partial charge in [-0.2, -0.15) is 0 Å². The molecule has 0 spiro atoms. The number of carbonyl (C=O) groups is 1. The van der Waals surface area contributed by atoms with Crippen LogP contribution >= 0.6 is 0 Å². The molecule has 1 saturated heterocycles. The highest BCUT2D eigenvalue weighted by molar-refractivity contribution is 5.91. The van der Waals surface area contributed by atoms with Crippen molar-refractivity contribution in [3.63, 3.8) is 0 Å². The zero-order valence-corrected chi connectivity index (χ0v) is 13.0. The molecule has 2 fully saturated rings. The van der Waals surface area contributed by atoms with Crippen LogP contribution in [0.5, 0.6) is 0 Å². The third-order valence-electron chi connectivity index (χ3n) is 4.92. The molecule has 1 heterocycles. The topological polar surface area (TPSA) is 32.3 Å². The van der Waals surface area contributed by atoms with Crippen molar-refractivity contribution in [2.24, 2.45) is 0 Å². The second-order valence-electron chi connectivity index (χ2n) is 6.45. The van der Waals surface area contributed by atoms with Gasteiger partial charge >= 0.3 is 0 Å². The number of piperidine rings is 1. The summed E-state index contributed by atoms with van der Waals surface area (Å²) in [5, 5.41) is 3.45. The van der Waals surface area contributed by atoms with E-state index in [9.17, 15) is 4.79 Å². The molecule has 3 heteroatoms. The maximum atomic E-state index is 13.2. The van der Waals surface area contributed by atoms with Crippen molar-refractivity contribution in [2.45, 2.75) is 50.5 Å². The molecule has 1 aromatic carbocycles. The Hall–Kier alpha value is -1.35. The number of nitrogens with one attached hydrogen (secondary N) is 1. The minimum Gasteiger partial charge on any atom is -0.338 e. The maximum Gasteiger partial charge on any atom is 0.233 e. The maximum absolute atomic E-state index is 13.2. The summed E-state index contributed by atoms with van der Waals surface area (Å²) in [5.74, 6) is 0.365. The van der Waals surface area contributed by atoms with E-state index in [-0.39, 0.29) is 5.41 Å². The summed E-state index contributed by atoms with van der Waals surface area (Å²) in [4.78, 5) is 15.4. The van der Waals surface area contributed by atoms with E-state index in [4.69, 9.17) is 0 Å². The molecule has 2 aliphatic rings. The van der Waals surface area contributed by atoms with Gasteiger partial charge in [0.2, 0.25) is 5.91 Å². The van der Waals surface area contributed by atoms with Gasteiger partial charge in [0.15, 0.2) is 0 Å². The Labute approximate surface area is 127 Å². The molecule has 1 aromatic rings. The van der Waals surface area contributed by atoms with Crippen LogP contribution in [0.3, 0.4) is 0 Å². The van der Waals surface area contributed by atoms with Crippen molar-refractivity contribution in [2.75, 3.05) is 19.6 Å². The SMILES string of the molecule is CCCN(C(=O)C1(c2ccccc2)CC1)C1CCCNC1. The van der Waals surface area contributed by atoms with E-state index in [2.05, 4.69) is 41.4 Å². The van der Waals surface area contributed by atoms with Crippen LogP contribution in [0.25, 0.3) is 0 Å². The van der Waals surface area contributed by atoms with E-state index < -0.39 is 0 Å². The monoisotopic (exact) mass is 286 g/mol. The van der Waals surface area contributed by atoms with Gasteiger partial charge in [-0.05, 0) is 44.2 Å². The summed E-state index contributed by atoms with van der Waals surface area (Å²) in [6.07, 6.45) is 5.37. The summed E-state index contributed by atoms with van der Waals surface area (Å²) < 4.78 is 0.